The Kier molecular flexibility index (Phi) is 7.64. The molecule has 3 aromatic heterocycles. The number of benzene rings is 1. The third-order valence-electron chi connectivity index (χ3n) is 10.7. The molecule has 4 heterocycles. The van der Waals surface area contributed by atoms with Gasteiger partial charge < -0.3 is 0 Å². The molecule has 3 heteroatoms. The molecule has 0 saturated heterocycles. The lowest BCUT2D eigenvalue weighted by Crippen LogP contribution is -2.54. The van der Waals surface area contributed by atoms with E-state index < -0.39 is 0 Å². The van der Waals surface area contributed by atoms with Crippen molar-refractivity contribution in [1.82, 2.24) is 0 Å². The quantitative estimate of drug-likeness (QED) is 0.153. The van der Waals surface area contributed by atoms with Gasteiger partial charge in [0.15, 0.2) is 11.9 Å². The van der Waals surface area contributed by atoms with E-state index in [9.17, 15) is 0 Å². The van der Waals surface area contributed by atoms with Gasteiger partial charge in [0.05, 0.1) is 10.6 Å². The van der Waals surface area contributed by atoms with Crippen LogP contribution in [0.5, 0.6) is 0 Å². The second-order valence-corrected chi connectivity index (χ2v) is 16.0. The monoisotopic (exact) mass is 602 g/mol. The zero-order valence-electron chi connectivity index (χ0n) is 28.4. The maximum absolute atomic E-state index is 5.05. The summed E-state index contributed by atoms with van der Waals surface area (Å²) in [7, 11) is 0. The van der Waals surface area contributed by atoms with Crippen LogP contribution in [0.15, 0.2) is 73.5 Å². The lowest BCUT2D eigenvalue weighted by atomic mass is 9.66. The van der Waals surface area contributed by atoms with Crippen LogP contribution in [0.4, 0.5) is 0 Å². The average Bonchev–Trinajstić information content (AvgIpc) is 3.37. The minimum atomic E-state index is 0.0831. The maximum Gasteiger partial charge on any atom is 0.250 e. The smallest absolute Gasteiger partial charge is 0.184 e. The van der Waals surface area contributed by atoms with Gasteiger partial charge in [0.2, 0.25) is 22.9 Å². The van der Waals surface area contributed by atoms with Crippen LogP contribution in [0, 0.1) is 27.7 Å². The topological polar surface area (TPSA) is 7.76 Å². The van der Waals surface area contributed by atoms with E-state index in [1.54, 1.807) is 4.88 Å². The second-order valence-electron chi connectivity index (χ2n) is 14.9. The summed E-state index contributed by atoms with van der Waals surface area (Å²) in [5.74, 6) is 0.284. The molecule has 228 valence electrons. The van der Waals surface area contributed by atoms with E-state index in [4.69, 9.17) is 6.58 Å². The molecule has 0 amide bonds. The molecule has 1 aliphatic heterocycles. The van der Waals surface area contributed by atoms with Crippen LogP contribution in [-0.4, -0.2) is 0 Å². The zero-order valence-corrected chi connectivity index (χ0v) is 29.2. The number of nitrogens with zero attached hydrogens (tertiary/aromatic N) is 2. The van der Waals surface area contributed by atoms with E-state index in [0.717, 1.165) is 12.8 Å². The van der Waals surface area contributed by atoms with E-state index >= 15 is 0 Å². The van der Waals surface area contributed by atoms with Gasteiger partial charge in [0.1, 0.15) is 0 Å². The Balaban J connectivity index is 1.64. The fourth-order valence-electron chi connectivity index (χ4n) is 7.87. The molecule has 0 radical (unpaired) electrons. The summed E-state index contributed by atoms with van der Waals surface area (Å²) < 4.78 is 6.51. The summed E-state index contributed by atoms with van der Waals surface area (Å²) in [6.45, 7) is 30.0. The molecule has 2 atom stereocenters. The van der Waals surface area contributed by atoms with Gasteiger partial charge in [0.25, 0.3) is 0 Å². The SMILES string of the molecule is C=CC=C(C)CCC1c2cc(C)ccc2-c2cc(C)c(C)c[n+]2C1C(=C)[n+]1c(C)ccc2sc3c(c21)C(C)(C)CCC3(C)C. The number of hydrogen-bond acceptors (Lipinski definition) is 1. The van der Waals surface area contributed by atoms with E-state index in [2.05, 4.69) is 127 Å². The van der Waals surface area contributed by atoms with Crippen molar-refractivity contribution >= 4 is 27.3 Å². The Bertz CT molecular complexity index is 1860. The summed E-state index contributed by atoms with van der Waals surface area (Å²) in [4.78, 5) is 1.56. The van der Waals surface area contributed by atoms with Crippen LogP contribution in [0.25, 0.3) is 27.2 Å². The molecular formula is C41H50N2S+2. The summed E-state index contributed by atoms with van der Waals surface area (Å²) in [5, 5.41) is 0. The van der Waals surface area contributed by atoms with Crippen molar-refractivity contribution in [3.8, 4) is 11.3 Å². The Morgan fingerprint density at radius 1 is 0.977 bits per heavy atom. The van der Waals surface area contributed by atoms with E-state index in [1.165, 1.54) is 79.1 Å². The molecule has 0 bridgehead atoms. The minimum Gasteiger partial charge on any atom is -0.184 e. The standard InChI is InChI=1S/C41H50N2S/c1-12-13-25(2)14-18-32-33-22-26(3)15-17-31(33)34-23-27(4)28(5)24-42(34)37(32)30(7)43-29(6)16-19-35-38(43)36-39(44-35)41(10,11)21-20-40(36,8)9/h12-13,15-17,19,22-24,32,37H,1,7,14,18,20-21H2,2-6,8-11H3/q+2. The third-order valence-corrected chi connectivity index (χ3v) is 12.2. The van der Waals surface area contributed by atoms with Crippen LogP contribution >= 0.6 is 11.3 Å². The highest BCUT2D eigenvalue weighted by Crippen LogP contribution is 2.52. The molecule has 0 saturated carbocycles. The van der Waals surface area contributed by atoms with Crippen LogP contribution in [0.3, 0.4) is 0 Å². The maximum atomic E-state index is 5.05. The Labute approximate surface area is 269 Å². The third kappa shape index (κ3) is 4.92. The number of allylic oxidation sites excluding steroid dienone is 4. The Morgan fingerprint density at radius 3 is 2.43 bits per heavy atom. The predicted molar refractivity (Wildman–Crippen MR) is 189 cm³/mol. The van der Waals surface area contributed by atoms with Crippen molar-refractivity contribution < 1.29 is 9.13 Å². The highest BCUT2D eigenvalue weighted by atomic mass is 32.1. The van der Waals surface area contributed by atoms with Crippen molar-refractivity contribution in [1.29, 1.82) is 0 Å². The molecule has 0 spiro atoms. The largest absolute Gasteiger partial charge is 0.250 e. The summed E-state index contributed by atoms with van der Waals surface area (Å²) >= 11 is 2.01. The van der Waals surface area contributed by atoms with Crippen molar-refractivity contribution in [3.05, 3.63) is 112 Å². The van der Waals surface area contributed by atoms with Crippen LogP contribution in [0.2, 0.25) is 0 Å². The van der Waals surface area contributed by atoms with Crippen molar-refractivity contribution in [2.24, 2.45) is 0 Å². The summed E-state index contributed by atoms with van der Waals surface area (Å²) in [5.41, 5.74) is 15.1. The molecule has 4 aromatic rings. The molecule has 0 fully saturated rings. The van der Waals surface area contributed by atoms with Gasteiger partial charge in [-0.25, -0.2) is 0 Å². The zero-order chi connectivity index (χ0) is 31.7. The summed E-state index contributed by atoms with van der Waals surface area (Å²) in [6, 6.07) is 14.2. The van der Waals surface area contributed by atoms with Crippen LogP contribution < -0.4 is 9.13 Å². The normalized spacial score (nSPS) is 20.2. The first-order valence-corrected chi connectivity index (χ1v) is 17.2. The van der Waals surface area contributed by atoms with Crippen molar-refractivity contribution in [2.45, 2.75) is 111 Å². The second kappa shape index (κ2) is 10.9. The molecule has 44 heavy (non-hydrogen) atoms. The Hall–Kier alpha value is -3.30. The van der Waals surface area contributed by atoms with Gasteiger partial charge in [-0.15, -0.1) is 11.3 Å². The van der Waals surface area contributed by atoms with E-state index in [0.29, 0.717) is 0 Å². The molecular weight excluding hydrogens is 553 g/mol. The van der Waals surface area contributed by atoms with Crippen molar-refractivity contribution in [2.75, 3.05) is 0 Å². The molecule has 0 N–H and O–H groups in total. The van der Waals surface area contributed by atoms with Gasteiger partial charge >= 0.3 is 0 Å². The first-order valence-electron chi connectivity index (χ1n) is 16.3. The minimum absolute atomic E-state index is 0.0831. The molecule has 6 rings (SSSR count). The fourth-order valence-corrected chi connectivity index (χ4v) is 9.37. The molecule has 2 unspecified atom stereocenters. The summed E-state index contributed by atoms with van der Waals surface area (Å²) in [6.07, 6.45) is 11.0. The number of pyridine rings is 2. The number of aromatic nitrogens is 2. The van der Waals surface area contributed by atoms with Crippen molar-refractivity contribution in [3.63, 3.8) is 0 Å². The first-order chi connectivity index (χ1) is 20.7. The van der Waals surface area contributed by atoms with E-state index in [1.807, 2.05) is 17.4 Å². The number of rotatable bonds is 6. The van der Waals surface area contributed by atoms with Gasteiger partial charge in [-0.1, -0.05) is 69.7 Å². The fraction of sp³-hybridized carbons (Fsp3) is 0.415. The molecule has 1 aromatic carbocycles. The van der Waals surface area contributed by atoms with Crippen LogP contribution in [-0.2, 0) is 10.8 Å². The predicted octanol–water partition coefficient (Wildman–Crippen LogP) is 10.4. The van der Waals surface area contributed by atoms with Crippen LogP contribution in [0.1, 0.15) is 111 Å². The number of aryl methyl sites for hydroxylation is 4. The van der Waals surface area contributed by atoms with Gasteiger partial charge in [0, 0.05) is 40.6 Å². The van der Waals surface area contributed by atoms with Gasteiger partial charge in [-0.05, 0) is 94.0 Å². The molecule has 2 aliphatic rings. The number of hydrogen-bond donors (Lipinski definition) is 0. The number of thiophene rings is 1. The first kappa shape index (κ1) is 30.7. The lowest BCUT2D eigenvalue weighted by molar-refractivity contribution is -0.726. The van der Waals surface area contributed by atoms with E-state index in [-0.39, 0.29) is 22.8 Å². The average molecular weight is 603 g/mol. The van der Waals surface area contributed by atoms with Gasteiger partial charge in [-0.3, -0.25) is 0 Å². The molecule has 1 aliphatic carbocycles. The number of fused-ring (bicyclic) bond motifs is 6. The highest BCUT2D eigenvalue weighted by molar-refractivity contribution is 7.19. The molecule has 2 nitrogen and oxygen atoms in total. The highest BCUT2D eigenvalue weighted by Gasteiger charge is 2.49. The lowest BCUT2D eigenvalue weighted by Gasteiger charge is -2.38. The van der Waals surface area contributed by atoms with Gasteiger partial charge in [-0.2, -0.15) is 9.13 Å². The Morgan fingerprint density at radius 2 is 1.70 bits per heavy atom.